The fraction of sp³-hybridized carbons (Fsp3) is 0.714. The van der Waals surface area contributed by atoms with Gasteiger partial charge in [0.2, 0.25) is 0 Å². The van der Waals surface area contributed by atoms with E-state index in [9.17, 15) is 4.79 Å². The summed E-state index contributed by atoms with van der Waals surface area (Å²) in [7, 11) is 0. The van der Waals surface area contributed by atoms with Gasteiger partial charge in [0.25, 0.3) is 5.56 Å². The number of nitrogens with one attached hydrogen (secondary N) is 1. The van der Waals surface area contributed by atoms with Crippen molar-refractivity contribution in [3.05, 3.63) is 22.7 Å². The highest BCUT2D eigenvalue weighted by molar-refractivity contribution is 5.30. The summed E-state index contributed by atoms with van der Waals surface area (Å²) in [6, 6.07) is 0.151. The Labute approximate surface area is 114 Å². The van der Waals surface area contributed by atoms with Gasteiger partial charge in [-0.3, -0.25) is 4.79 Å². The summed E-state index contributed by atoms with van der Waals surface area (Å²) in [6.45, 7) is 6.32. The molecule has 1 heterocycles. The average molecular weight is 265 g/mol. The Balaban J connectivity index is 1.72. The molecule has 1 aromatic rings. The Hall–Kier alpha value is -1.36. The zero-order valence-electron chi connectivity index (χ0n) is 11.8. The monoisotopic (exact) mass is 265 g/mol. The molecular weight excluding hydrogens is 242 g/mol. The number of nitrogens with zero attached hydrogens (tertiary/aromatic N) is 2. The van der Waals surface area contributed by atoms with Crippen LogP contribution in [0.5, 0.6) is 0 Å². The first-order valence-electron chi connectivity index (χ1n) is 7.07. The van der Waals surface area contributed by atoms with Crippen LogP contribution in [0.25, 0.3) is 0 Å². The molecule has 1 saturated carbocycles. The number of aromatic nitrogens is 2. The highest BCUT2D eigenvalue weighted by Gasteiger charge is 2.20. The maximum absolute atomic E-state index is 12.0. The molecule has 0 saturated heterocycles. The van der Waals surface area contributed by atoms with Crippen LogP contribution < -0.4 is 10.9 Å². The van der Waals surface area contributed by atoms with E-state index in [0.717, 1.165) is 32.1 Å². The van der Waals surface area contributed by atoms with Crippen LogP contribution in [0.4, 0.5) is 5.82 Å². The molecule has 1 aliphatic rings. The molecule has 0 unspecified atom stereocenters. The van der Waals surface area contributed by atoms with Crippen molar-refractivity contribution in [2.45, 2.75) is 39.2 Å². The van der Waals surface area contributed by atoms with Crippen molar-refractivity contribution in [3.8, 4) is 0 Å². The number of anilines is 1. The summed E-state index contributed by atoms with van der Waals surface area (Å²) in [4.78, 5) is 16.1. The number of rotatable bonds is 8. The minimum Gasteiger partial charge on any atom is -0.381 e. The van der Waals surface area contributed by atoms with Crippen LogP contribution >= 0.6 is 0 Å². The van der Waals surface area contributed by atoms with E-state index in [4.69, 9.17) is 4.74 Å². The lowest BCUT2D eigenvalue weighted by atomic mass is 10.4. The van der Waals surface area contributed by atoms with E-state index in [2.05, 4.69) is 10.3 Å². The smallest absolute Gasteiger partial charge is 0.293 e. The number of hydrogen-bond acceptors (Lipinski definition) is 4. The molecule has 1 N–H and O–H groups in total. The minimum atomic E-state index is -0.0589. The normalized spacial score (nSPS) is 14.9. The Morgan fingerprint density at radius 1 is 1.53 bits per heavy atom. The largest absolute Gasteiger partial charge is 0.381 e. The molecular formula is C14H23N3O2. The van der Waals surface area contributed by atoms with E-state index >= 15 is 0 Å². The second kappa shape index (κ2) is 6.70. The summed E-state index contributed by atoms with van der Waals surface area (Å²) in [5, 5.41) is 3.09. The van der Waals surface area contributed by atoms with Gasteiger partial charge >= 0.3 is 0 Å². The van der Waals surface area contributed by atoms with E-state index < -0.39 is 0 Å². The quantitative estimate of drug-likeness (QED) is 0.731. The van der Waals surface area contributed by atoms with Crippen molar-refractivity contribution in [2.75, 3.05) is 25.1 Å². The van der Waals surface area contributed by atoms with Crippen LogP contribution in [0, 0.1) is 5.92 Å². The lowest BCUT2D eigenvalue weighted by molar-refractivity contribution is 0.124. The van der Waals surface area contributed by atoms with Crippen LogP contribution in [0.2, 0.25) is 0 Å². The molecule has 0 atom stereocenters. The second-order valence-electron chi connectivity index (χ2n) is 5.38. The molecule has 0 bridgehead atoms. The van der Waals surface area contributed by atoms with Crippen LogP contribution in [-0.4, -0.2) is 29.3 Å². The van der Waals surface area contributed by atoms with Gasteiger partial charge in [-0.1, -0.05) is 0 Å². The van der Waals surface area contributed by atoms with Crippen molar-refractivity contribution < 1.29 is 4.74 Å². The molecule has 2 rings (SSSR count). The summed E-state index contributed by atoms with van der Waals surface area (Å²) in [5.41, 5.74) is -0.0589. The fourth-order valence-electron chi connectivity index (χ4n) is 1.87. The third-order valence-electron chi connectivity index (χ3n) is 3.23. The van der Waals surface area contributed by atoms with Gasteiger partial charge in [-0.05, 0) is 39.0 Å². The first kappa shape index (κ1) is 14.1. The van der Waals surface area contributed by atoms with Crippen molar-refractivity contribution >= 4 is 5.82 Å². The van der Waals surface area contributed by atoms with Crippen LogP contribution in [0.15, 0.2) is 17.2 Å². The molecule has 0 aliphatic heterocycles. The van der Waals surface area contributed by atoms with E-state index in [-0.39, 0.29) is 11.6 Å². The molecule has 0 amide bonds. The molecule has 0 aromatic carbocycles. The number of hydrogen-bond donors (Lipinski definition) is 1. The van der Waals surface area contributed by atoms with E-state index in [1.165, 1.54) is 12.8 Å². The lowest BCUT2D eigenvalue weighted by Crippen LogP contribution is -2.26. The summed E-state index contributed by atoms with van der Waals surface area (Å²) < 4.78 is 7.22. The standard InChI is InChI=1S/C14H23N3O2/c1-11(2)17-8-7-16-13(14(17)18)15-6-3-9-19-10-12-4-5-12/h7-8,11-12H,3-6,9-10H2,1-2H3,(H,15,16). The Kier molecular flexibility index (Phi) is 4.96. The zero-order chi connectivity index (χ0) is 13.7. The van der Waals surface area contributed by atoms with Crippen molar-refractivity contribution in [2.24, 2.45) is 5.92 Å². The van der Waals surface area contributed by atoms with Crippen LogP contribution in [-0.2, 0) is 4.74 Å². The van der Waals surface area contributed by atoms with Gasteiger partial charge in [0.1, 0.15) is 0 Å². The van der Waals surface area contributed by atoms with E-state index in [0.29, 0.717) is 5.82 Å². The Morgan fingerprint density at radius 2 is 2.32 bits per heavy atom. The predicted octanol–water partition coefficient (Wildman–Crippen LogP) is 2.05. The Bertz CT molecular complexity index is 452. The van der Waals surface area contributed by atoms with Gasteiger partial charge < -0.3 is 14.6 Å². The maximum atomic E-state index is 12.0. The molecule has 1 fully saturated rings. The lowest BCUT2D eigenvalue weighted by Gasteiger charge is -2.11. The van der Waals surface area contributed by atoms with E-state index in [1.807, 2.05) is 13.8 Å². The van der Waals surface area contributed by atoms with Crippen molar-refractivity contribution in [1.82, 2.24) is 9.55 Å². The number of ether oxygens (including phenoxy) is 1. The molecule has 5 heteroatoms. The predicted molar refractivity (Wildman–Crippen MR) is 75.5 cm³/mol. The SMILES string of the molecule is CC(C)n1ccnc(NCCCOCC2CC2)c1=O. The van der Waals surface area contributed by atoms with Gasteiger partial charge in [0, 0.05) is 38.2 Å². The van der Waals surface area contributed by atoms with Gasteiger partial charge in [-0.25, -0.2) is 4.98 Å². The van der Waals surface area contributed by atoms with E-state index in [1.54, 1.807) is 17.0 Å². The average Bonchev–Trinajstić information content (AvgIpc) is 3.19. The van der Waals surface area contributed by atoms with Gasteiger partial charge in [0.05, 0.1) is 0 Å². The first-order valence-corrected chi connectivity index (χ1v) is 7.07. The van der Waals surface area contributed by atoms with Gasteiger partial charge in [-0.15, -0.1) is 0 Å². The molecule has 0 radical (unpaired) electrons. The highest BCUT2D eigenvalue weighted by Crippen LogP contribution is 2.28. The van der Waals surface area contributed by atoms with Gasteiger partial charge in [0.15, 0.2) is 5.82 Å². The second-order valence-corrected chi connectivity index (χ2v) is 5.38. The first-order chi connectivity index (χ1) is 9.18. The third-order valence-corrected chi connectivity index (χ3v) is 3.23. The summed E-state index contributed by atoms with van der Waals surface area (Å²) in [6.07, 6.45) is 6.91. The van der Waals surface area contributed by atoms with Crippen LogP contribution in [0.1, 0.15) is 39.2 Å². The molecule has 106 valence electrons. The molecule has 19 heavy (non-hydrogen) atoms. The topological polar surface area (TPSA) is 56.1 Å². The fourth-order valence-corrected chi connectivity index (χ4v) is 1.87. The van der Waals surface area contributed by atoms with Crippen LogP contribution in [0.3, 0.4) is 0 Å². The molecule has 0 spiro atoms. The Morgan fingerprint density at radius 3 is 3.00 bits per heavy atom. The van der Waals surface area contributed by atoms with Crippen molar-refractivity contribution in [1.29, 1.82) is 0 Å². The maximum Gasteiger partial charge on any atom is 0.293 e. The highest BCUT2D eigenvalue weighted by atomic mass is 16.5. The zero-order valence-corrected chi connectivity index (χ0v) is 11.8. The molecule has 1 aromatic heterocycles. The summed E-state index contributed by atoms with van der Waals surface area (Å²) >= 11 is 0. The van der Waals surface area contributed by atoms with Gasteiger partial charge in [-0.2, -0.15) is 0 Å². The summed E-state index contributed by atoms with van der Waals surface area (Å²) in [5.74, 6) is 1.24. The van der Waals surface area contributed by atoms with Crippen molar-refractivity contribution in [3.63, 3.8) is 0 Å². The molecule has 1 aliphatic carbocycles. The minimum absolute atomic E-state index is 0.0589. The third kappa shape index (κ3) is 4.35. The molecule has 5 nitrogen and oxygen atoms in total.